The van der Waals surface area contributed by atoms with Crippen molar-refractivity contribution in [3.63, 3.8) is 0 Å². The van der Waals surface area contributed by atoms with E-state index in [4.69, 9.17) is 33.2 Å². The second kappa shape index (κ2) is 13.4. The Morgan fingerprint density at radius 3 is 1.86 bits per heavy atom. The van der Waals surface area contributed by atoms with Gasteiger partial charge in [0, 0.05) is 47.5 Å². The molecule has 0 amide bonds. The minimum atomic E-state index is -1.88. The number of aliphatic hydroxyl groups is 1. The standard InChI is InChI=1S/C37H46O14/c1-18-25(46-19(2)38)16-36(34(7,8)44)28(18)29(50-33(43)24-13-11-10-12-14-24)31(48-21(4)40)35(9)26(47-20(3)39)15-27-37(17-45-27,51-23(6)42)30(35)32(36)49-22(5)41/h10-14,25-27,29-32,44H,15-17H2,1-9H3/t25-,26-,27+,29+,30?,31-,32?,35+,36-,37-/m0/s1. The van der Waals surface area contributed by atoms with Crippen LogP contribution in [0.2, 0.25) is 0 Å². The summed E-state index contributed by atoms with van der Waals surface area (Å²) in [6, 6.07) is 8.04. The first-order chi connectivity index (χ1) is 23.7. The van der Waals surface area contributed by atoms with E-state index < -0.39 is 100 Å². The molecule has 0 spiro atoms. The van der Waals surface area contributed by atoms with Gasteiger partial charge in [-0.05, 0) is 44.1 Å². The molecular formula is C37H46O14. The topological polar surface area (TPSA) is 187 Å². The zero-order valence-electron chi connectivity index (χ0n) is 30.3. The van der Waals surface area contributed by atoms with Gasteiger partial charge in [-0.15, -0.1) is 0 Å². The fourth-order valence-electron chi connectivity index (χ4n) is 9.28. The van der Waals surface area contributed by atoms with Crippen LogP contribution >= 0.6 is 0 Å². The van der Waals surface area contributed by atoms with Crippen LogP contribution in [0.5, 0.6) is 0 Å². The summed E-state index contributed by atoms with van der Waals surface area (Å²) in [7, 11) is 0. The summed E-state index contributed by atoms with van der Waals surface area (Å²) in [5.74, 6) is -5.73. The molecule has 1 aromatic rings. The monoisotopic (exact) mass is 714 g/mol. The fraction of sp³-hybridized carbons (Fsp3) is 0.622. The van der Waals surface area contributed by atoms with E-state index in [1.807, 2.05) is 0 Å². The Kier molecular flexibility index (Phi) is 9.93. The Hall–Kier alpha value is -4.30. The Labute approximate surface area is 296 Å². The van der Waals surface area contributed by atoms with Crippen LogP contribution in [0, 0.1) is 16.7 Å². The predicted molar refractivity (Wildman–Crippen MR) is 174 cm³/mol. The Balaban J connectivity index is 1.96. The highest BCUT2D eigenvalue weighted by Crippen LogP contribution is 2.69. The molecule has 3 fully saturated rings. The highest BCUT2D eigenvalue weighted by molar-refractivity contribution is 5.89. The molecule has 14 nitrogen and oxygen atoms in total. The number of hydrogen-bond acceptors (Lipinski definition) is 14. The van der Waals surface area contributed by atoms with Gasteiger partial charge >= 0.3 is 35.8 Å². The van der Waals surface area contributed by atoms with Crippen molar-refractivity contribution >= 4 is 35.8 Å². The lowest BCUT2D eigenvalue weighted by Gasteiger charge is -2.65. The summed E-state index contributed by atoms with van der Waals surface area (Å²) in [6.07, 6.45) is -7.91. The lowest BCUT2D eigenvalue weighted by atomic mass is 9.49. The molecule has 2 saturated carbocycles. The fourth-order valence-corrected chi connectivity index (χ4v) is 9.28. The number of hydrogen-bond donors (Lipinski definition) is 1. The van der Waals surface area contributed by atoms with Gasteiger partial charge < -0.3 is 38.3 Å². The zero-order valence-corrected chi connectivity index (χ0v) is 30.3. The number of carbonyl (C=O) groups is 6. The quantitative estimate of drug-likeness (QED) is 0.235. The molecule has 2 unspecified atom stereocenters. The smallest absolute Gasteiger partial charge is 0.338 e. The number of esters is 6. The Morgan fingerprint density at radius 2 is 1.37 bits per heavy atom. The van der Waals surface area contributed by atoms with Crippen LogP contribution in [0.25, 0.3) is 0 Å². The molecule has 0 aromatic heterocycles. The van der Waals surface area contributed by atoms with Crippen LogP contribution in [-0.4, -0.2) is 95.4 Å². The lowest BCUT2D eigenvalue weighted by Crippen LogP contribution is -2.79. The van der Waals surface area contributed by atoms with Gasteiger partial charge in [0.25, 0.3) is 0 Å². The molecule has 51 heavy (non-hydrogen) atoms. The van der Waals surface area contributed by atoms with Crippen molar-refractivity contribution in [3.8, 4) is 0 Å². The molecule has 14 heteroatoms. The minimum absolute atomic E-state index is 0.0482. The van der Waals surface area contributed by atoms with Gasteiger partial charge in [-0.25, -0.2) is 4.79 Å². The predicted octanol–water partition coefficient (Wildman–Crippen LogP) is 3.16. The molecule has 278 valence electrons. The summed E-state index contributed by atoms with van der Waals surface area (Å²) in [4.78, 5) is 78.9. The van der Waals surface area contributed by atoms with E-state index in [9.17, 15) is 33.9 Å². The van der Waals surface area contributed by atoms with Gasteiger partial charge in [-0.2, -0.15) is 0 Å². The van der Waals surface area contributed by atoms with Crippen molar-refractivity contribution in [1.29, 1.82) is 0 Å². The van der Waals surface area contributed by atoms with E-state index >= 15 is 0 Å². The zero-order chi connectivity index (χ0) is 37.8. The molecule has 1 N–H and O–H groups in total. The molecule has 1 aliphatic heterocycles. The largest absolute Gasteiger partial charge is 0.462 e. The molecule has 10 atom stereocenters. The summed E-state index contributed by atoms with van der Waals surface area (Å²) in [6.45, 7) is 12.0. The maximum atomic E-state index is 14.1. The summed E-state index contributed by atoms with van der Waals surface area (Å²) in [5.41, 5.74) is -6.26. The van der Waals surface area contributed by atoms with Crippen LogP contribution in [0.1, 0.15) is 85.5 Å². The average molecular weight is 715 g/mol. The number of rotatable bonds is 8. The number of carbonyl (C=O) groups excluding carboxylic acids is 6. The van der Waals surface area contributed by atoms with Crippen molar-refractivity contribution in [1.82, 2.24) is 0 Å². The summed E-state index contributed by atoms with van der Waals surface area (Å²) >= 11 is 0. The molecule has 1 heterocycles. The van der Waals surface area contributed by atoms with Crippen LogP contribution in [0.15, 0.2) is 41.5 Å². The maximum Gasteiger partial charge on any atom is 0.338 e. The second-order valence-electron chi connectivity index (χ2n) is 14.7. The Morgan fingerprint density at radius 1 is 0.804 bits per heavy atom. The molecular weight excluding hydrogens is 668 g/mol. The summed E-state index contributed by atoms with van der Waals surface area (Å²) in [5, 5.41) is 12.5. The van der Waals surface area contributed by atoms with Crippen LogP contribution in [0.3, 0.4) is 0 Å². The van der Waals surface area contributed by atoms with Crippen molar-refractivity contribution in [2.45, 2.75) is 123 Å². The highest BCUT2D eigenvalue weighted by atomic mass is 16.6. The highest BCUT2D eigenvalue weighted by Gasteiger charge is 2.81. The van der Waals surface area contributed by atoms with E-state index in [0.29, 0.717) is 5.57 Å². The Bertz CT molecular complexity index is 1640. The van der Waals surface area contributed by atoms with Gasteiger partial charge in [-0.1, -0.05) is 25.1 Å². The van der Waals surface area contributed by atoms with Gasteiger partial charge in [0.1, 0.15) is 24.4 Å². The molecule has 1 aromatic carbocycles. The third-order valence-electron chi connectivity index (χ3n) is 11.1. The van der Waals surface area contributed by atoms with Crippen molar-refractivity contribution < 1.29 is 67.0 Å². The third-order valence-corrected chi connectivity index (χ3v) is 11.1. The van der Waals surface area contributed by atoms with E-state index in [0.717, 1.165) is 6.92 Å². The number of benzene rings is 1. The van der Waals surface area contributed by atoms with E-state index in [2.05, 4.69) is 0 Å². The van der Waals surface area contributed by atoms with Crippen molar-refractivity contribution in [3.05, 3.63) is 47.0 Å². The number of ether oxygens (including phenoxy) is 7. The molecule has 4 aliphatic rings. The van der Waals surface area contributed by atoms with Gasteiger partial charge in [0.15, 0.2) is 17.8 Å². The summed E-state index contributed by atoms with van der Waals surface area (Å²) < 4.78 is 42.8. The molecule has 3 aliphatic carbocycles. The van der Waals surface area contributed by atoms with Crippen LogP contribution < -0.4 is 0 Å². The molecule has 1 saturated heterocycles. The molecule has 0 radical (unpaired) electrons. The van der Waals surface area contributed by atoms with E-state index in [1.54, 1.807) is 32.0 Å². The van der Waals surface area contributed by atoms with Gasteiger partial charge in [-0.3, -0.25) is 24.0 Å². The van der Waals surface area contributed by atoms with Gasteiger partial charge in [0.2, 0.25) is 0 Å². The number of fused-ring (bicyclic) bond motifs is 4. The van der Waals surface area contributed by atoms with Gasteiger partial charge in [0.05, 0.1) is 34.5 Å². The first-order valence-corrected chi connectivity index (χ1v) is 16.9. The second-order valence-corrected chi connectivity index (χ2v) is 14.7. The average Bonchev–Trinajstić information content (AvgIpc) is 3.26. The normalized spacial score (nSPS) is 35.4. The molecule has 0 bridgehead atoms. The molecule has 5 rings (SSSR count). The van der Waals surface area contributed by atoms with E-state index in [1.165, 1.54) is 53.7 Å². The van der Waals surface area contributed by atoms with Crippen LogP contribution in [-0.2, 0) is 57.1 Å². The van der Waals surface area contributed by atoms with E-state index in [-0.39, 0.29) is 30.6 Å². The maximum absolute atomic E-state index is 14.1. The first-order valence-electron chi connectivity index (χ1n) is 16.9. The van der Waals surface area contributed by atoms with Crippen LogP contribution in [0.4, 0.5) is 0 Å². The lowest BCUT2D eigenvalue weighted by molar-refractivity contribution is -0.352. The minimum Gasteiger partial charge on any atom is -0.462 e. The van der Waals surface area contributed by atoms with Crippen molar-refractivity contribution in [2.75, 3.05) is 6.61 Å². The van der Waals surface area contributed by atoms with Crippen molar-refractivity contribution in [2.24, 2.45) is 16.7 Å². The third kappa shape index (κ3) is 6.19. The first kappa shape index (κ1) is 37.9. The SMILES string of the molecule is CC(=O)OC1C2[C@@](C)([C@@H](OC(C)=O)C[C@H]3OC[C@@]23OC(C)=O)[C@@H](OC(C)=O)[C@H](OC(=O)c2ccccc2)C2=C(C)[C@@H](OC(C)=O)C[C@]21C(C)(C)O.